The van der Waals surface area contributed by atoms with Crippen LogP contribution in [0.4, 0.5) is 5.13 Å². The minimum absolute atomic E-state index is 0.0156. The Morgan fingerprint density at radius 3 is 2.46 bits per heavy atom. The predicted octanol–water partition coefficient (Wildman–Crippen LogP) is 2.55. The first kappa shape index (κ1) is 30.3. The number of nitrogens with zero attached hydrogens (tertiary/aromatic N) is 3. The average molecular weight is 553 g/mol. The molecule has 0 aliphatic carbocycles. The summed E-state index contributed by atoms with van der Waals surface area (Å²) in [6, 6.07) is -0.888. The van der Waals surface area contributed by atoms with Crippen LogP contribution < -0.4 is 16.8 Å². The Bertz CT molecular complexity index is 1090. The summed E-state index contributed by atoms with van der Waals surface area (Å²) < 4.78 is 0. The number of carbonyl (C=O) groups excluding carboxylic acids is 2. The molecule has 0 aromatic carbocycles. The third kappa shape index (κ3) is 8.04. The van der Waals surface area contributed by atoms with Crippen LogP contribution in [-0.2, 0) is 19.2 Å². The molecule has 37 heavy (non-hydrogen) atoms. The van der Waals surface area contributed by atoms with Crippen molar-refractivity contribution in [1.82, 2.24) is 15.2 Å². The van der Waals surface area contributed by atoms with Crippen LogP contribution in [0.1, 0.15) is 53.7 Å². The number of hydrogen-bond donors (Lipinski definition) is 4. The van der Waals surface area contributed by atoms with Crippen molar-refractivity contribution in [3.8, 4) is 0 Å². The van der Waals surface area contributed by atoms with Gasteiger partial charge in [-0.3, -0.25) is 14.5 Å². The first-order chi connectivity index (χ1) is 17.1. The Morgan fingerprint density at radius 2 is 2.03 bits per heavy atom. The summed E-state index contributed by atoms with van der Waals surface area (Å²) in [5, 5.41) is 17.1. The predicted molar refractivity (Wildman–Crippen MR) is 147 cm³/mol. The number of rotatable bonds is 8. The third-order valence-electron chi connectivity index (χ3n) is 4.98. The maximum Gasteiger partial charge on any atom is 0.352 e. The number of fused-ring (bicyclic) bond motifs is 1. The summed E-state index contributed by atoms with van der Waals surface area (Å²) in [5.41, 5.74) is 12.3. The molecular formula is C24H36N6O5S2. The van der Waals surface area contributed by atoms with E-state index < -0.39 is 29.2 Å². The molecule has 0 bridgehead atoms. The summed E-state index contributed by atoms with van der Waals surface area (Å²) in [7, 11) is 0. The lowest BCUT2D eigenvalue weighted by Crippen LogP contribution is -2.71. The Morgan fingerprint density at radius 1 is 1.38 bits per heavy atom. The van der Waals surface area contributed by atoms with Crippen molar-refractivity contribution in [2.24, 2.45) is 16.3 Å². The lowest BCUT2D eigenvalue weighted by Gasteiger charge is -2.49. The quantitative estimate of drug-likeness (QED) is 0.215. The zero-order valence-corrected chi connectivity index (χ0v) is 23.7. The van der Waals surface area contributed by atoms with E-state index >= 15 is 0 Å². The molecule has 0 saturated carbocycles. The highest BCUT2D eigenvalue weighted by atomic mass is 32.2. The number of aliphatic carboxylic acids is 1. The molecule has 0 unspecified atom stereocenters. The number of allylic oxidation sites excluding steroid dienone is 1. The molecule has 6 N–H and O–H groups in total. The van der Waals surface area contributed by atoms with Crippen molar-refractivity contribution in [2.45, 2.75) is 64.9 Å². The SMILES string of the molecule is C=CC1=C(C(=O)O)N2C(=O)[C@@H](NC(=O)/C(=N\OCC)c3csc(N)n3)[C@H]2SC1.CC(C)(C)CC(C)(C)N. The molecule has 1 aromatic rings. The summed E-state index contributed by atoms with van der Waals surface area (Å²) >= 11 is 2.48. The number of carboxylic acids is 1. The monoisotopic (exact) mass is 552 g/mol. The van der Waals surface area contributed by atoms with Gasteiger partial charge in [-0.25, -0.2) is 9.78 Å². The molecule has 3 heterocycles. The third-order valence-corrected chi connectivity index (χ3v) is 6.96. The second kappa shape index (κ2) is 12.1. The van der Waals surface area contributed by atoms with Crippen molar-refractivity contribution < 1.29 is 24.3 Å². The number of carboxylic acid groups (broad SMARTS) is 1. The van der Waals surface area contributed by atoms with Crippen LogP contribution in [0, 0.1) is 5.41 Å². The number of nitrogens with one attached hydrogen (secondary N) is 1. The van der Waals surface area contributed by atoms with Gasteiger partial charge < -0.3 is 26.7 Å². The molecule has 0 spiro atoms. The number of thioether (sulfide) groups is 1. The maximum atomic E-state index is 12.7. The molecule has 11 nitrogen and oxygen atoms in total. The van der Waals surface area contributed by atoms with Crippen LogP contribution in [-0.4, -0.2) is 67.8 Å². The van der Waals surface area contributed by atoms with Gasteiger partial charge >= 0.3 is 5.97 Å². The molecule has 0 radical (unpaired) electrons. The van der Waals surface area contributed by atoms with Gasteiger partial charge in [0.05, 0.1) is 0 Å². The van der Waals surface area contributed by atoms with Crippen molar-refractivity contribution in [3.63, 3.8) is 0 Å². The van der Waals surface area contributed by atoms with Crippen molar-refractivity contribution in [1.29, 1.82) is 0 Å². The zero-order chi connectivity index (χ0) is 28.1. The smallest absolute Gasteiger partial charge is 0.352 e. The number of nitrogens with two attached hydrogens (primary N) is 2. The second-order valence-corrected chi connectivity index (χ2v) is 12.4. The number of anilines is 1. The first-order valence-electron chi connectivity index (χ1n) is 11.6. The number of nitrogen functional groups attached to an aromatic ring is 1. The highest BCUT2D eigenvalue weighted by Gasteiger charge is 2.54. The van der Waals surface area contributed by atoms with Crippen LogP contribution >= 0.6 is 23.1 Å². The molecule has 1 saturated heterocycles. The van der Waals surface area contributed by atoms with Gasteiger partial charge in [0.25, 0.3) is 11.8 Å². The van der Waals surface area contributed by atoms with E-state index in [4.69, 9.17) is 16.3 Å². The highest BCUT2D eigenvalue weighted by molar-refractivity contribution is 8.00. The molecule has 13 heteroatoms. The standard InChI is InChI=1S/C16H17N5O5S2.C8H19N/c1-3-7-5-27-14-10(13(23)21(14)11(7)15(24)25)19-12(22)9(20-26-4-2)8-6-28-16(17)18-8;1-7(2,3)6-8(4,5)9/h3,6,10,14H,1,4-5H2,2H3,(H2,17,18)(H,19,22)(H,24,25);6,9H2,1-5H3/b20-9-;/t10-,14-;/m1./s1. The summed E-state index contributed by atoms with van der Waals surface area (Å²) in [6.45, 7) is 16.3. The molecule has 2 amide bonds. The van der Waals surface area contributed by atoms with Gasteiger partial charge in [0, 0.05) is 16.7 Å². The summed E-state index contributed by atoms with van der Waals surface area (Å²) in [6.07, 6.45) is 2.49. The van der Waals surface area contributed by atoms with E-state index in [9.17, 15) is 19.5 Å². The van der Waals surface area contributed by atoms with Gasteiger partial charge in [-0.05, 0) is 38.2 Å². The van der Waals surface area contributed by atoms with Gasteiger partial charge in [-0.1, -0.05) is 38.6 Å². The van der Waals surface area contributed by atoms with E-state index in [1.165, 1.54) is 22.7 Å². The molecule has 2 aliphatic heterocycles. The van der Waals surface area contributed by atoms with Crippen LogP contribution in [0.5, 0.6) is 0 Å². The number of amides is 2. The normalized spacial score (nSPS) is 19.8. The molecule has 1 aromatic heterocycles. The van der Waals surface area contributed by atoms with E-state index in [-0.39, 0.29) is 34.4 Å². The zero-order valence-electron chi connectivity index (χ0n) is 22.0. The molecule has 204 valence electrons. The van der Waals surface area contributed by atoms with Gasteiger partial charge in [0.15, 0.2) is 10.8 Å². The Hall–Kier alpha value is -2.90. The van der Waals surface area contributed by atoms with E-state index in [0.29, 0.717) is 16.7 Å². The van der Waals surface area contributed by atoms with Crippen LogP contribution in [0.15, 0.2) is 34.5 Å². The van der Waals surface area contributed by atoms with Crippen LogP contribution in [0.25, 0.3) is 0 Å². The Balaban J connectivity index is 0.000000458. The summed E-state index contributed by atoms with van der Waals surface area (Å²) in [5.74, 6) is -2.02. The van der Waals surface area contributed by atoms with Crippen LogP contribution in [0.2, 0.25) is 0 Å². The lowest BCUT2D eigenvalue weighted by molar-refractivity contribution is -0.150. The van der Waals surface area contributed by atoms with Gasteiger partial charge in [0.2, 0.25) is 0 Å². The van der Waals surface area contributed by atoms with E-state index in [1.807, 2.05) is 0 Å². The summed E-state index contributed by atoms with van der Waals surface area (Å²) in [4.78, 5) is 47.0. The first-order valence-corrected chi connectivity index (χ1v) is 13.6. The number of oxime groups is 1. The minimum atomic E-state index is -1.21. The largest absolute Gasteiger partial charge is 0.477 e. The Kier molecular flexibility index (Phi) is 9.91. The fourth-order valence-corrected chi connectivity index (χ4v) is 5.99. The molecule has 2 atom stereocenters. The van der Waals surface area contributed by atoms with Gasteiger partial charge in [0.1, 0.15) is 29.4 Å². The van der Waals surface area contributed by atoms with Crippen LogP contribution in [0.3, 0.4) is 0 Å². The molecular weight excluding hydrogens is 516 g/mol. The van der Waals surface area contributed by atoms with Crippen molar-refractivity contribution in [2.75, 3.05) is 18.1 Å². The number of carbonyl (C=O) groups is 3. The van der Waals surface area contributed by atoms with E-state index in [0.717, 1.165) is 17.8 Å². The molecule has 3 rings (SSSR count). The van der Waals surface area contributed by atoms with Crippen molar-refractivity contribution >= 4 is 51.7 Å². The van der Waals surface area contributed by atoms with Gasteiger partial charge in [-0.15, -0.1) is 23.1 Å². The average Bonchev–Trinajstić information content (AvgIpc) is 3.20. The molecule has 1 fully saturated rings. The number of hydrogen-bond acceptors (Lipinski definition) is 10. The fraction of sp³-hybridized carbons (Fsp3) is 0.542. The highest BCUT2D eigenvalue weighted by Crippen LogP contribution is 2.40. The second-order valence-electron chi connectivity index (χ2n) is 10.4. The lowest BCUT2D eigenvalue weighted by atomic mass is 9.82. The Labute approximate surface area is 225 Å². The topological polar surface area (TPSA) is 173 Å². The van der Waals surface area contributed by atoms with Crippen molar-refractivity contribution in [3.05, 3.63) is 35.0 Å². The van der Waals surface area contributed by atoms with Gasteiger partial charge in [-0.2, -0.15) is 0 Å². The molecule has 2 aliphatic rings. The number of thiazole rings is 1. The fourth-order valence-electron chi connectivity index (χ4n) is 4.11. The van der Waals surface area contributed by atoms with E-state index in [2.05, 4.69) is 56.7 Å². The minimum Gasteiger partial charge on any atom is -0.477 e. The maximum absolute atomic E-state index is 12.7. The number of aromatic nitrogens is 1. The number of β-lactam (4-membered cyclic amide) rings is 1. The van der Waals surface area contributed by atoms with E-state index in [1.54, 1.807) is 12.3 Å².